The second kappa shape index (κ2) is 6.68. The van der Waals surface area contributed by atoms with Crippen LogP contribution in [-0.2, 0) is 4.74 Å². The first-order chi connectivity index (χ1) is 10.2. The number of rotatable bonds is 5. The Morgan fingerprint density at radius 3 is 2.62 bits per heavy atom. The maximum atomic E-state index is 6.48. The number of likely N-dealkylation sites (N-methyl/N-ethyl adjacent to an activating group) is 1. The maximum absolute atomic E-state index is 6.48. The molecule has 3 heteroatoms. The minimum Gasteiger partial charge on any atom is -0.372 e. The second-order valence-corrected chi connectivity index (χ2v) is 7.15. The molecule has 0 amide bonds. The molecule has 1 heterocycles. The summed E-state index contributed by atoms with van der Waals surface area (Å²) in [6.45, 7) is 0.995. The summed E-state index contributed by atoms with van der Waals surface area (Å²) in [4.78, 5) is 0. The van der Waals surface area contributed by atoms with Gasteiger partial charge in [-0.3, -0.25) is 0 Å². The van der Waals surface area contributed by atoms with Crippen molar-refractivity contribution >= 4 is 11.6 Å². The molecule has 2 unspecified atom stereocenters. The lowest BCUT2D eigenvalue weighted by atomic mass is 9.91. The van der Waals surface area contributed by atoms with Crippen LogP contribution < -0.4 is 5.32 Å². The van der Waals surface area contributed by atoms with Crippen molar-refractivity contribution in [2.75, 3.05) is 13.6 Å². The zero-order valence-electron chi connectivity index (χ0n) is 12.9. The average Bonchev–Trinajstić information content (AvgIpc) is 3.10. The van der Waals surface area contributed by atoms with Crippen LogP contribution in [0.3, 0.4) is 0 Å². The van der Waals surface area contributed by atoms with E-state index in [9.17, 15) is 0 Å². The van der Waals surface area contributed by atoms with Crippen LogP contribution in [0.5, 0.6) is 0 Å². The van der Waals surface area contributed by atoms with Gasteiger partial charge < -0.3 is 10.1 Å². The zero-order chi connectivity index (χ0) is 14.7. The highest BCUT2D eigenvalue weighted by Crippen LogP contribution is 2.45. The third-order valence-corrected chi connectivity index (χ3v) is 5.44. The van der Waals surface area contributed by atoms with Crippen LogP contribution in [0.15, 0.2) is 24.3 Å². The van der Waals surface area contributed by atoms with Gasteiger partial charge in [0.1, 0.15) is 0 Å². The molecule has 2 nitrogen and oxygen atoms in total. The van der Waals surface area contributed by atoms with Crippen molar-refractivity contribution in [3.05, 3.63) is 34.9 Å². The molecular weight excluding hydrogens is 282 g/mol. The molecule has 2 aliphatic rings. The first-order valence-electron chi connectivity index (χ1n) is 8.29. The Hall–Kier alpha value is -0.570. The minimum absolute atomic E-state index is 0.245. The van der Waals surface area contributed by atoms with Crippen molar-refractivity contribution < 1.29 is 4.74 Å². The SMILES string of the molecule is CNCC(CC1CCC2(CCCC2)O1)c1ccc(Cl)cc1. The molecule has 116 valence electrons. The van der Waals surface area contributed by atoms with Gasteiger partial charge in [0.05, 0.1) is 11.7 Å². The van der Waals surface area contributed by atoms with Gasteiger partial charge in [-0.15, -0.1) is 0 Å². The predicted molar refractivity (Wildman–Crippen MR) is 88.0 cm³/mol. The van der Waals surface area contributed by atoms with Gasteiger partial charge in [-0.1, -0.05) is 36.6 Å². The van der Waals surface area contributed by atoms with Gasteiger partial charge in [-0.25, -0.2) is 0 Å². The van der Waals surface area contributed by atoms with E-state index in [4.69, 9.17) is 16.3 Å². The van der Waals surface area contributed by atoms with E-state index in [0.29, 0.717) is 12.0 Å². The van der Waals surface area contributed by atoms with Crippen LogP contribution in [0.4, 0.5) is 0 Å². The molecular formula is C18H26ClNO. The number of hydrogen-bond acceptors (Lipinski definition) is 2. The molecule has 1 aliphatic heterocycles. The first-order valence-corrected chi connectivity index (χ1v) is 8.66. The molecule has 2 fully saturated rings. The lowest BCUT2D eigenvalue weighted by molar-refractivity contribution is -0.0410. The van der Waals surface area contributed by atoms with Crippen molar-refractivity contribution in [1.29, 1.82) is 0 Å². The first kappa shape index (κ1) is 15.3. The maximum Gasteiger partial charge on any atom is 0.0687 e. The van der Waals surface area contributed by atoms with Gasteiger partial charge in [0.2, 0.25) is 0 Å². The summed E-state index contributed by atoms with van der Waals surface area (Å²) in [5, 5.41) is 4.14. The van der Waals surface area contributed by atoms with Crippen LogP contribution in [0, 0.1) is 0 Å². The van der Waals surface area contributed by atoms with Crippen molar-refractivity contribution in [2.24, 2.45) is 0 Å². The summed E-state index contributed by atoms with van der Waals surface area (Å²) in [6, 6.07) is 8.30. The summed E-state index contributed by atoms with van der Waals surface area (Å²) in [5.74, 6) is 0.508. The highest BCUT2D eigenvalue weighted by molar-refractivity contribution is 6.30. The Morgan fingerprint density at radius 2 is 1.95 bits per heavy atom. The van der Waals surface area contributed by atoms with Crippen molar-refractivity contribution in [3.63, 3.8) is 0 Å². The number of nitrogens with one attached hydrogen (secondary N) is 1. The average molecular weight is 308 g/mol. The monoisotopic (exact) mass is 307 g/mol. The molecule has 0 radical (unpaired) electrons. The summed E-state index contributed by atoms with van der Waals surface area (Å²) >= 11 is 6.01. The molecule has 1 aromatic carbocycles. The fraction of sp³-hybridized carbons (Fsp3) is 0.667. The van der Waals surface area contributed by atoms with Gasteiger partial charge in [0, 0.05) is 11.6 Å². The molecule has 1 spiro atoms. The van der Waals surface area contributed by atoms with E-state index in [2.05, 4.69) is 17.4 Å². The van der Waals surface area contributed by atoms with Crippen LogP contribution in [-0.4, -0.2) is 25.3 Å². The van der Waals surface area contributed by atoms with Crippen molar-refractivity contribution in [2.45, 2.75) is 62.6 Å². The Labute approximate surface area is 133 Å². The summed E-state index contributed by atoms with van der Waals surface area (Å²) in [7, 11) is 2.02. The van der Waals surface area contributed by atoms with Crippen LogP contribution >= 0.6 is 11.6 Å². The van der Waals surface area contributed by atoms with E-state index in [-0.39, 0.29) is 5.60 Å². The van der Waals surface area contributed by atoms with E-state index < -0.39 is 0 Å². The fourth-order valence-corrected chi connectivity index (χ4v) is 4.21. The van der Waals surface area contributed by atoms with Gasteiger partial charge >= 0.3 is 0 Å². The fourth-order valence-electron chi connectivity index (χ4n) is 4.08. The van der Waals surface area contributed by atoms with Crippen LogP contribution in [0.1, 0.15) is 56.4 Å². The summed E-state index contributed by atoms with van der Waals surface area (Å²) in [6.07, 6.45) is 9.30. The van der Waals surface area contributed by atoms with E-state index in [1.54, 1.807) is 0 Å². The van der Waals surface area contributed by atoms with E-state index in [0.717, 1.165) is 18.0 Å². The Morgan fingerprint density at radius 1 is 1.24 bits per heavy atom. The summed E-state index contributed by atoms with van der Waals surface area (Å²) in [5.41, 5.74) is 1.61. The molecule has 2 atom stereocenters. The summed E-state index contributed by atoms with van der Waals surface area (Å²) < 4.78 is 6.48. The van der Waals surface area contributed by atoms with Crippen LogP contribution in [0.25, 0.3) is 0 Å². The lowest BCUT2D eigenvalue weighted by Crippen LogP contribution is -2.27. The van der Waals surface area contributed by atoms with Crippen molar-refractivity contribution in [1.82, 2.24) is 5.32 Å². The number of ether oxygens (including phenoxy) is 1. The quantitative estimate of drug-likeness (QED) is 0.863. The van der Waals surface area contributed by atoms with Gasteiger partial charge in [-0.2, -0.15) is 0 Å². The lowest BCUT2D eigenvalue weighted by Gasteiger charge is -2.26. The molecule has 3 rings (SSSR count). The molecule has 21 heavy (non-hydrogen) atoms. The third kappa shape index (κ3) is 3.61. The van der Waals surface area contributed by atoms with Gasteiger partial charge in [0.25, 0.3) is 0 Å². The second-order valence-electron chi connectivity index (χ2n) is 6.71. The molecule has 1 aromatic rings. The Bertz CT molecular complexity index is 453. The highest BCUT2D eigenvalue weighted by atomic mass is 35.5. The number of benzene rings is 1. The molecule has 1 N–H and O–H groups in total. The molecule has 0 aromatic heterocycles. The van der Waals surface area contributed by atoms with E-state index in [1.165, 1.54) is 44.1 Å². The number of halogens is 1. The smallest absolute Gasteiger partial charge is 0.0687 e. The number of hydrogen-bond donors (Lipinski definition) is 1. The predicted octanol–water partition coefficient (Wildman–Crippen LogP) is 4.52. The van der Waals surface area contributed by atoms with Gasteiger partial charge in [0.15, 0.2) is 0 Å². The molecule has 1 saturated carbocycles. The topological polar surface area (TPSA) is 21.3 Å². The third-order valence-electron chi connectivity index (χ3n) is 5.19. The molecule has 0 bridgehead atoms. The molecule has 1 saturated heterocycles. The highest BCUT2D eigenvalue weighted by Gasteiger charge is 2.42. The molecule has 1 aliphatic carbocycles. The standard InChI is InChI=1S/C18H26ClNO/c1-20-13-15(14-4-6-16(19)7-5-14)12-17-8-11-18(21-17)9-2-3-10-18/h4-7,15,17,20H,2-3,8-13H2,1H3. The van der Waals surface area contributed by atoms with Gasteiger partial charge in [-0.05, 0) is 62.8 Å². The van der Waals surface area contributed by atoms with E-state index in [1.807, 2.05) is 19.2 Å². The Kier molecular flexibility index (Phi) is 4.88. The van der Waals surface area contributed by atoms with E-state index >= 15 is 0 Å². The normalized spacial score (nSPS) is 25.5. The minimum atomic E-state index is 0.245. The zero-order valence-corrected chi connectivity index (χ0v) is 13.7. The van der Waals surface area contributed by atoms with Crippen molar-refractivity contribution in [3.8, 4) is 0 Å². The largest absolute Gasteiger partial charge is 0.372 e. The Balaban J connectivity index is 1.64. The van der Waals surface area contributed by atoms with Crippen LogP contribution in [0.2, 0.25) is 5.02 Å².